The van der Waals surface area contributed by atoms with Crippen LogP contribution >= 0.6 is 0 Å². The third-order valence-corrected chi connectivity index (χ3v) is 5.71. The zero-order valence-corrected chi connectivity index (χ0v) is 17.8. The van der Waals surface area contributed by atoms with Crippen molar-refractivity contribution in [3.63, 3.8) is 0 Å². The summed E-state index contributed by atoms with van der Waals surface area (Å²) in [6, 6.07) is 4.71. The summed E-state index contributed by atoms with van der Waals surface area (Å²) in [6.07, 6.45) is 0.230. The lowest BCUT2D eigenvalue weighted by Crippen LogP contribution is -2.46. The van der Waals surface area contributed by atoms with E-state index in [1.165, 1.54) is 6.92 Å². The molecule has 3 amide bonds. The summed E-state index contributed by atoms with van der Waals surface area (Å²) in [4.78, 5) is 54.1. The number of amides is 3. The van der Waals surface area contributed by atoms with Crippen LogP contribution in [0.2, 0.25) is 0 Å². The highest BCUT2D eigenvalue weighted by Gasteiger charge is 2.48. The van der Waals surface area contributed by atoms with Gasteiger partial charge in [-0.1, -0.05) is 6.07 Å². The summed E-state index contributed by atoms with van der Waals surface area (Å²) in [5.41, 5.74) is 1.37. The summed E-state index contributed by atoms with van der Waals surface area (Å²) in [5, 5.41) is 2.70. The number of Topliss-reactive ketones (excluding diaryl/α,β-unsaturated/α-hetero) is 2. The highest BCUT2D eigenvalue weighted by atomic mass is 16.7. The number of fused-ring (bicyclic) bond motifs is 1. The smallest absolute Gasteiger partial charge is 0.325 e. The molecule has 2 N–H and O–H groups in total. The van der Waals surface area contributed by atoms with Crippen LogP contribution < -0.4 is 14.8 Å². The third kappa shape index (κ3) is 3.45. The SMILES string of the molecule is CC(=O)c1c(C)[nH]c(C(=O)CN2C(=O)NC(C)(Cc3ccc4c(c3)OCO4)C2=O)c1C. The van der Waals surface area contributed by atoms with Gasteiger partial charge in [-0.05, 0) is 51.0 Å². The topological polar surface area (TPSA) is 118 Å². The predicted octanol–water partition coefficient (Wildman–Crippen LogP) is 2.30. The van der Waals surface area contributed by atoms with Crippen molar-refractivity contribution in [3.05, 3.63) is 46.3 Å². The van der Waals surface area contributed by atoms with E-state index >= 15 is 0 Å². The standard InChI is InChI=1S/C22H23N3O6/c1-11-18(13(3)26)12(2)23-19(11)15(27)9-25-20(28)22(4,24-21(25)29)8-14-5-6-16-17(7-14)31-10-30-16/h5-7,23H,8-10H2,1-4H3,(H,24,29). The molecule has 1 aromatic carbocycles. The van der Waals surface area contributed by atoms with Gasteiger partial charge in [-0.25, -0.2) is 4.79 Å². The Morgan fingerprint density at radius 1 is 1.16 bits per heavy atom. The summed E-state index contributed by atoms with van der Waals surface area (Å²) in [7, 11) is 0. The molecule has 4 rings (SSSR count). The average molecular weight is 425 g/mol. The van der Waals surface area contributed by atoms with E-state index < -0.39 is 29.8 Å². The van der Waals surface area contributed by atoms with Gasteiger partial charge in [0.25, 0.3) is 5.91 Å². The first-order valence-electron chi connectivity index (χ1n) is 9.86. The summed E-state index contributed by atoms with van der Waals surface area (Å²) < 4.78 is 10.7. The lowest BCUT2D eigenvalue weighted by molar-refractivity contribution is -0.130. The van der Waals surface area contributed by atoms with Crippen molar-refractivity contribution in [1.82, 2.24) is 15.2 Å². The second-order valence-corrected chi connectivity index (χ2v) is 8.12. The second-order valence-electron chi connectivity index (χ2n) is 8.12. The number of urea groups is 1. The lowest BCUT2D eigenvalue weighted by Gasteiger charge is -2.21. The Bertz CT molecular complexity index is 1130. The third-order valence-electron chi connectivity index (χ3n) is 5.71. The first kappa shape index (κ1) is 20.6. The Hall–Kier alpha value is -3.62. The van der Waals surface area contributed by atoms with Crippen molar-refractivity contribution in [2.45, 2.75) is 39.7 Å². The van der Waals surface area contributed by atoms with E-state index in [9.17, 15) is 19.2 Å². The molecular formula is C22H23N3O6. The van der Waals surface area contributed by atoms with Crippen LogP contribution in [-0.2, 0) is 11.2 Å². The van der Waals surface area contributed by atoms with Crippen molar-refractivity contribution < 1.29 is 28.7 Å². The molecule has 1 unspecified atom stereocenters. The fraction of sp³-hybridized carbons (Fsp3) is 0.364. The molecule has 9 heteroatoms. The number of hydrogen-bond donors (Lipinski definition) is 2. The number of benzene rings is 1. The highest BCUT2D eigenvalue weighted by Crippen LogP contribution is 2.34. The summed E-state index contributed by atoms with van der Waals surface area (Å²) >= 11 is 0. The lowest BCUT2D eigenvalue weighted by atomic mass is 9.92. The van der Waals surface area contributed by atoms with Crippen LogP contribution in [-0.4, -0.2) is 52.3 Å². The number of aromatic nitrogens is 1. The van der Waals surface area contributed by atoms with Gasteiger partial charge in [0.05, 0.1) is 12.2 Å². The molecule has 2 aromatic rings. The normalized spacial score (nSPS) is 19.7. The molecule has 0 aliphatic carbocycles. The largest absolute Gasteiger partial charge is 0.454 e. The monoisotopic (exact) mass is 425 g/mol. The van der Waals surface area contributed by atoms with Crippen LogP contribution in [0.4, 0.5) is 4.79 Å². The zero-order valence-electron chi connectivity index (χ0n) is 17.8. The molecule has 1 saturated heterocycles. The summed E-state index contributed by atoms with van der Waals surface area (Å²) in [6.45, 7) is 6.15. The molecule has 162 valence electrons. The van der Waals surface area contributed by atoms with Gasteiger partial charge in [0.2, 0.25) is 6.79 Å². The Balaban J connectivity index is 1.52. The molecule has 0 saturated carbocycles. The number of rotatable bonds is 6. The first-order chi connectivity index (χ1) is 14.6. The molecule has 1 atom stereocenters. The molecule has 3 heterocycles. The van der Waals surface area contributed by atoms with Crippen LogP contribution in [0.3, 0.4) is 0 Å². The fourth-order valence-electron chi connectivity index (χ4n) is 4.25. The van der Waals surface area contributed by atoms with E-state index in [2.05, 4.69) is 10.3 Å². The minimum absolute atomic E-state index is 0.143. The number of carbonyl (C=O) groups is 4. The number of imide groups is 1. The molecule has 0 bridgehead atoms. The van der Waals surface area contributed by atoms with Gasteiger partial charge in [0, 0.05) is 17.7 Å². The predicted molar refractivity (Wildman–Crippen MR) is 110 cm³/mol. The number of nitrogens with zero attached hydrogens (tertiary/aromatic N) is 1. The molecule has 0 radical (unpaired) electrons. The maximum atomic E-state index is 13.1. The first-order valence-corrected chi connectivity index (χ1v) is 9.86. The van der Waals surface area contributed by atoms with Crippen LogP contribution in [0, 0.1) is 13.8 Å². The number of ether oxygens (including phenoxy) is 2. The molecule has 2 aliphatic rings. The number of nitrogens with one attached hydrogen (secondary N) is 2. The van der Waals surface area contributed by atoms with Gasteiger partial charge in [-0.3, -0.25) is 19.3 Å². The van der Waals surface area contributed by atoms with Crippen molar-refractivity contribution in [1.29, 1.82) is 0 Å². The molecule has 9 nitrogen and oxygen atoms in total. The Morgan fingerprint density at radius 3 is 2.55 bits per heavy atom. The number of aryl methyl sites for hydroxylation is 1. The highest BCUT2D eigenvalue weighted by molar-refractivity contribution is 6.11. The van der Waals surface area contributed by atoms with Gasteiger partial charge in [-0.2, -0.15) is 0 Å². The van der Waals surface area contributed by atoms with Crippen molar-refractivity contribution in [2.24, 2.45) is 0 Å². The van der Waals surface area contributed by atoms with E-state index in [1.807, 2.05) is 0 Å². The van der Waals surface area contributed by atoms with Gasteiger partial charge in [-0.15, -0.1) is 0 Å². The molecule has 0 spiro atoms. The molecule has 1 aromatic heterocycles. The van der Waals surface area contributed by atoms with Crippen LogP contribution in [0.15, 0.2) is 18.2 Å². The fourth-order valence-corrected chi connectivity index (χ4v) is 4.25. The van der Waals surface area contributed by atoms with Crippen LogP contribution in [0.25, 0.3) is 0 Å². The van der Waals surface area contributed by atoms with Crippen LogP contribution in [0.1, 0.15) is 51.5 Å². The van der Waals surface area contributed by atoms with Gasteiger partial charge in [0.1, 0.15) is 5.54 Å². The zero-order chi connectivity index (χ0) is 22.5. The minimum Gasteiger partial charge on any atom is -0.454 e. The van der Waals surface area contributed by atoms with Gasteiger partial charge in [0.15, 0.2) is 23.1 Å². The quantitative estimate of drug-likeness (QED) is 0.542. The molecule has 1 fully saturated rings. The molecular weight excluding hydrogens is 402 g/mol. The van der Waals surface area contributed by atoms with Gasteiger partial charge >= 0.3 is 6.03 Å². The molecule has 31 heavy (non-hydrogen) atoms. The Kier molecular flexibility index (Phi) is 4.83. The van der Waals surface area contributed by atoms with E-state index in [4.69, 9.17) is 9.47 Å². The second kappa shape index (κ2) is 7.26. The molecule has 2 aliphatic heterocycles. The van der Waals surface area contributed by atoms with E-state index in [0.29, 0.717) is 28.3 Å². The maximum absolute atomic E-state index is 13.1. The van der Waals surface area contributed by atoms with Gasteiger partial charge < -0.3 is 19.8 Å². The maximum Gasteiger partial charge on any atom is 0.325 e. The number of carbonyl (C=O) groups excluding carboxylic acids is 4. The minimum atomic E-state index is -1.20. The van der Waals surface area contributed by atoms with Crippen molar-refractivity contribution >= 4 is 23.5 Å². The van der Waals surface area contributed by atoms with E-state index in [1.54, 1.807) is 39.0 Å². The number of hydrogen-bond acceptors (Lipinski definition) is 6. The van der Waals surface area contributed by atoms with E-state index in [0.717, 1.165) is 10.5 Å². The Labute approximate surface area is 178 Å². The number of H-pyrrole nitrogens is 1. The van der Waals surface area contributed by atoms with Crippen LogP contribution in [0.5, 0.6) is 11.5 Å². The average Bonchev–Trinajstić information content (AvgIpc) is 3.33. The number of aromatic amines is 1. The van der Waals surface area contributed by atoms with Crippen molar-refractivity contribution in [3.8, 4) is 11.5 Å². The number of ketones is 2. The van der Waals surface area contributed by atoms with Crippen molar-refractivity contribution in [2.75, 3.05) is 13.3 Å². The summed E-state index contributed by atoms with van der Waals surface area (Å²) in [5.74, 6) is 0.130. The Morgan fingerprint density at radius 2 is 1.87 bits per heavy atom. The van der Waals surface area contributed by atoms with E-state index in [-0.39, 0.29) is 24.7 Å².